The molecule has 0 aliphatic carbocycles. The number of nitrogens with zero attached hydrogens (tertiary/aromatic N) is 1. The SMILES string of the molecule is COc1cc([C@@H](CO)N2CCNCC2)cc2c1OCO2. The molecule has 1 saturated heterocycles. The van der Waals surface area contributed by atoms with Crippen LogP contribution in [0.25, 0.3) is 0 Å². The molecule has 0 radical (unpaired) electrons. The molecule has 6 nitrogen and oxygen atoms in total. The van der Waals surface area contributed by atoms with E-state index >= 15 is 0 Å². The summed E-state index contributed by atoms with van der Waals surface area (Å²) in [6, 6.07) is 3.82. The summed E-state index contributed by atoms with van der Waals surface area (Å²) >= 11 is 0. The van der Waals surface area contributed by atoms with Gasteiger partial charge < -0.3 is 24.6 Å². The van der Waals surface area contributed by atoms with Crippen molar-refractivity contribution in [1.82, 2.24) is 10.2 Å². The van der Waals surface area contributed by atoms with Crippen LogP contribution in [0.3, 0.4) is 0 Å². The molecule has 110 valence electrons. The topological polar surface area (TPSA) is 63.2 Å². The summed E-state index contributed by atoms with van der Waals surface area (Å²) < 4.78 is 16.2. The predicted octanol–water partition coefficient (Wildman–Crippen LogP) is 0.363. The Bertz CT molecular complexity index is 474. The molecule has 1 fully saturated rings. The van der Waals surface area contributed by atoms with Crippen LogP contribution in [0.2, 0.25) is 0 Å². The third kappa shape index (κ3) is 2.42. The normalized spacial score (nSPS) is 19.9. The molecule has 0 unspecified atom stereocenters. The van der Waals surface area contributed by atoms with E-state index in [2.05, 4.69) is 10.2 Å². The smallest absolute Gasteiger partial charge is 0.231 e. The summed E-state index contributed by atoms with van der Waals surface area (Å²) in [6.45, 7) is 4.01. The predicted molar refractivity (Wildman–Crippen MR) is 73.4 cm³/mol. The first-order valence-corrected chi connectivity index (χ1v) is 6.86. The maximum absolute atomic E-state index is 9.77. The number of nitrogens with one attached hydrogen (secondary N) is 1. The maximum atomic E-state index is 9.77. The second-order valence-corrected chi connectivity index (χ2v) is 4.94. The highest BCUT2D eigenvalue weighted by Gasteiger charge is 2.26. The number of benzene rings is 1. The van der Waals surface area contributed by atoms with Crippen molar-refractivity contribution in [2.45, 2.75) is 6.04 Å². The van der Waals surface area contributed by atoms with Gasteiger partial charge in [0.15, 0.2) is 11.5 Å². The van der Waals surface area contributed by atoms with E-state index in [4.69, 9.17) is 14.2 Å². The van der Waals surface area contributed by atoms with Gasteiger partial charge >= 0.3 is 0 Å². The Morgan fingerprint density at radius 2 is 2.15 bits per heavy atom. The summed E-state index contributed by atoms with van der Waals surface area (Å²) in [5.74, 6) is 1.99. The maximum Gasteiger partial charge on any atom is 0.231 e. The first-order chi connectivity index (χ1) is 9.83. The summed E-state index contributed by atoms with van der Waals surface area (Å²) in [4.78, 5) is 2.27. The van der Waals surface area contributed by atoms with E-state index in [9.17, 15) is 5.11 Å². The Hall–Kier alpha value is -1.50. The Labute approximate surface area is 118 Å². The molecular weight excluding hydrogens is 260 g/mol. The molecule has 2 heterocycles. The van der Waals surface area contributed by atoms with Gasteiger partial charge in [0.25, 0.3) is 0 Å². The van der Waals surface area contributed by atoms with Crippen LogP contribution >= 0.6 is 0 Å². The van der Waals surface area contributed by atoms with Crippen molar-refractivity contribution < 1.29 is 19.3 Å². The first kappa shape index (κ1) is 13.5. The number of hydrogen-bond donors (Lipinski definition) is 2. The van der Waals surface area contributed by atoms with E-state index in [-0.39, 0.29) is 19.4 Å². The van der Waals surface area contributed by atoms with Gasteiger partial charge in [0, 0.05) is 26.2 Å². The van der Waals surface area contributed by atoms with Gasteiger partial charge in [-0.3, -0.25) is 4.90 Å². The fourth-order valence-corrected chi connectivity index (χ4v) is 2.77. The van der Waals surface area contributed by atoms with Gasteiger partial charge in [0.05, 0.1) is 19.8 Å². The van der Waals surface area contributed by atoms with E-state index in [0.29, 0.717) is 17.2 Å². The van der Waals surface area contributed by atoms with Crippen LogP contribution in [0.15, 0.2) is 12.1 Å². The molecule has 0 aromatic heterocycles. The largest absolute Gasteiger partial charge is 0.493 e. The van der Waals surface area contributed by atoms with E-state index in [1.807, 2.05) is 12.1 Å². The lowest BCUT2D eigenvalue weighted by Gasteiger charge is -2.34. The number of fused-ring (bicyclic) bond motifs is 1. The molecule has 1 aromatic rings. The van der Waals surface area contributed by atoms with Crippen molar-refractivity contribution in [3.8, 4) is 17.2 Å². The molecule has 0 spiro atoms. The highest BCUT2D eigenvalue weighted by molar-refractivity contribution is 5.55. The Kier molecular flexibility index (Phi) is 3.95. The molecule has 2 aliphatic rings. The van der Waals surface area contributed by atoms with Gasteiger partial charge in [-0.15, -0.1) is 0 Å². The number of rotatable bonds is 4. The minimum absolute atomic E-state index is 0.0412. The quantitative estimate of drug-likeness (QED) is 0.830. The number of ether oxygens (including phenoxy) is 3. The van der Waals surface area contributed by atoms with Crippen LogP contribution in [0.1, 0.15) is 11.6 Å². The average molecular weight is 280 g/mol. The van der Waals surface area contributed by atoms with Crippen molar-refractivity contribution in [3.63, 3.8) is 0 Å². The van der Waals surface area contributed by atoms with E-state index in [1.54, 1.807) is 7.11 Å². The van der Waals surface area contributed by atoms with Gasteiger partial charge in [0.2, 0.25) is 12.5 Å². The van der Waals surface area contributed by atoms with Gasteiger partial charge in [0.1, 0.15) is 0 Å². The lowest BCUT2D eigenvalue weighted by Crippen LogP contribution is -2.46. The second-order valence-electron chi connectivity index (χ2n) is 4.94. The fraction of sp³-hybridized carbons (Fsp3) is 0.571. The summed E-state index contributed by atoms with van der Waals surface area (Å²) in [6.07, 6.45) is 0. The third-order valence-corrected chi connectivity index (χ3v) is 3.83. The molecule has 20 heavy (non-hydrogen) atoms. The molecule has 0 bridgehead atoms. The molecular formula is C14H20N2O4. The summed E-state index contributed by atoms with van der Waals surface area (Å²) in [5, 5.41) is 13.1. The Morgan fingerprint density at radius 3 is 2.85 bits per heavy atom. The van der Waals surface area contributed by atoms with Crippen molar-refractivity contribution in [2.75, 3.05) is 46.7 Å². The first-order valence-electron chi connectivity index (χ1n) is 6.86. The summed E-state index contributed by atoms with van der Waals surface area (Å²) in [5.41, 5.74) is 0.996. The molecule has 0 amide bonds. The number of aliphatic hydroxyl groups excluding tert-OH is 1. The second kappa shape index (κ2) is 5.87. The van der Waals surface area contributed by atoms with E-state index in [0.717, 1.165) is 31.7 Å². The van der Waals surface area contributed by atoms with Gasteiger partial charge in [-0.2, -0.15) is 0 Å². The van der Waals surface area contributed by atoms with Gasteiger partial charge in [-0.25, -0.2) is 0 Å². The van der Waals surface area contributed by atoms with Crippen LogP contribution in [-0.2, 0) is 0 Å². The average Bonchev–Trinajstić information content (AvgIpc) is 2.97. The summed E-state index contributed by atoms with van der Waals surface area (Å²) in [7, 11) is 1.61. The van der Waals surface area contributed by atoms with Crippen LogP contribution in [-0.4, -0.2) is 56.7 Å². The number of piperazine rings is 1. The zero-order valence-electron chi connectivity index (χ0n) is 11.6. The minimum atomic E-state index is -0.0412. The van der Waals surface area contributed by atoms with Crippen molar-refractivity contribution in [1.29, 1.82) is 0 Å². The van der Waals surface area contributed by atoms with Crippen molar-refractivity contribution in [2.24, 2.45) is 0 Å². The molecule has 3 rings (SSSR count). The van der Waals surface area contributed by atoms with Crippen molar-refractivity contribution in [3.05, 3.63) is 17.7 Å². The lowest BCUT2D eigenvalue weighted by atomic mass is 10.0. The van der Waals surface area contributed by atoms with Crippen LogP contribution in [0.4, 0.5) is 0 Å². The lowest BCUT2D eigenvalue weighted by molar-refractivity contribution is 0.110. The Morgan fingerprint density at radius 1 is 1.35 bits per heavy atom. The van der Waals surface area contributed by atoms with E-state index < -0.39 is 0 Å². The van der Waals surface area contributed by atoms with Gasteiger partial charge in [-0.1, -0.05) is 0 Å². The zero-order valence-corrected chi connectivity index (χ0v) is 11.6. The Balaban J connectivity index is 1.91. The molecule has 2 N–H and O–H groups in total. The molecule has 6 heteroatoms. The van der Waals surface area contributed by atoms with Crippen LogP contribution in [0, 0.1) is 0 Å². The fourth-order valence-electron chi connectivity index (χ4n) is 2.77. The van der Waals surface area contributed by atoms with Gasteiger partial charge in [-0.05, 0) is 17.7 Å². The highest BCUT2D eigenvalue weighted by Crippen LogP contribution is 2.43. The monoisotopic (exact) mass is 280 g/mol. The van der Waals surface area contributed by atoms with Crippen LogP contribution in [0.5, 0.6) is 17.2 Å². The standard InChI is InChI=1S/C14H20N2O4/c1-18-12-6-10(7-13-14(12)20-9-19-13)11(8-17)16-4-2-15-3-5-16/h6-7,11,15,17H,2-5,8-9H2,1H3/t11-/m1/s1. The minimum Gasteiger partial charge on any atom is -0.493 e. The zero-order chi connectivity index (χ0) is 13.9. The molecule has 2 aliphatic heterocycles. The van der Waals surface area contributed by atoms with E-state index in [1.165, 1.54) is 0 Å². The molecule has 1 atom stereocenters. The third-order valence-electron chi connectivity index (χ3n) is 3.83. The van der Waals surface area contributed by atoms with Crippen molar-refractivity contribution >= 4 is 0 Å². The number of methoxy groups -OCH3 is 1. The highest BCUT2D eigenvalue weighted by atomic mass is 16.7. The molecule has 1 aromatic carbocycles. The number of hydrogen-bond acceptors (Lipinski definition) is 6. The number of aliphatic hydroxyl groups is 1. The van der Waals surface area contributed by atoms with Crippen LogP contribution < -0.4 is 19.5 Å². The molecule has 0 saturated carbocycles.